The van der Waals surface area contributed by atoms with E-state index in [-0.39, 0.29) is 23.9 Å². The molecule has 0 aliphatic carbocycles. The van der Waals surface area contributed by atoms with Crippen LogP contribution in [0.15, 0.2) is 41.3 Å². The first-order valence-corrected chi connectivity index (χ1v) is 10.8. The van der Waals surface area contributed by atoms with Crippen molar-refractivity contribution in [1.82, 2.24) is 9.21 Å². The number of nitrogens with zero attached hydrogens (tertiary/aromatic N) is 2. The highest BCUT2D eigenvalue weighted by Crippen LogP contribution is 2.30. The summed E-state index contributed by atoms with van der Waals surface area (Å²) >= 11 is 0. The Hall–Kier alpha value is -2.58. The fourth-order valence-corrected chi connectivity index (χ4v) is 4.88. The highest BCUT2D eigenvalue weighted by molar-refractivity contribution is 7.89. The standard InChI is InChI=1S/C21H26N2O5S/c1-15-8-9-17(14-16(15)2)29(25,26)23-12-10-22(11-13-23)21(24)20-18(27-3)6-5-7-19(20)28-4/h5-9,14H,10-13H2,1-4H3. The Labute approximate surface area is 171 Å². The Morgan fingerprint density at radius 3 is 2.00 bits per heavy atom. The zero-order valence-corrected chi connectivity index (χ0v) is 18.0. The van der Waals surface area contributed by atoms with Gasteiger partial charge in [0.15, 0.2) is 0 Å². The van der Waals surface area contributed by atoms with Crippen molar-refractivity contribution in [3.63, 3.8) is 0 Å². The summed E-state index contributed by atoms with van der Waals surface area (Å²) in [5.74, 6) is 0.626. The largest absolute Gasteiger partial charge is 0.496 e. The molecule has 1 aliphatic heterocycles. The molecule has 0 atom stereocenters. The van der Waals surface area contributed by atoms with E-state index in [0.717, 1.165) is 11.1 Å². The molecular weight excluding hydrogens is 392 g/mol. The number of sulfonamides is 1. The molecule has 0 saturated carbocycles. The minimum atomic E-state index is -3.59. The van der Waals surface area contributed by atoms with Gasteiger partial charge in [0.2, 0.25) is 10.0 Å². The molecular formula is C21H26N2O5S. The third-order valence-corrected chi connectivity index (χ3v) is 7.18. The van der Waals surface area contributed by atoms with Crippen molar-refractivity contribution in [1.29, 1.82) is 0 Å². The van der Waals surface area contributed by atoms with Crippen molar-refractivity contribution in [3.8, 4) is 11.5 Å². The van der Waals surface area contributed by atoms with Crippen LogP contribution in [0.3, 0.4) is 0 Å². The van der Waals surface area contributed by atoms with Crippen LogP contribution in [0.5, 0.6) is 11.5 Å². The maximum Gasteiger partial charge on any atom is 0.261 e. The van der Waals surface area contributed by atoms with Gasteiger partial charge >= 0.3 is 0 Å². The van der Waals surface area contributed by atoms with Gasteiger partial charge in [0, 0.05) is 26.2 Å². The minimum Gasteiger partial charge on any atom is -0.496 e. The highest BCUT2D eigenvalue weighted by atomic mass is 32.2. The second-order valence-electron chi connectivity index (χ2n) is 6.98. The summed E-state index contributed by atoms with van der Waals surface area (Å²) in [6.07, 6.45) is 0. The van der Waals surface area contributed by atoms with Crippen LogP contribution >= 0.6 is 0 Å². The zero-order chi connectivity index (χ0) is 21.2. The lowest BCUT2D eigenvalue weighted by Gasteiger charge is -2.34. The first-order chi connectivity index (χ1) is 13.8. The summed E-state index contributed by atoms with van der Waals surface area (Å²) < 4.78 is 38.0. The molecule has 1 saturated heterocycles. The second kappa shape index (κ2) is 8.42. The van der Waals surface area contributed by atoms with Gasteiger partial charge in [-0.1, -0.05) is 12.1 Å². The average Bonchev–Trinajstić information content (AvgIpc) is 2.74. The number of amides is 1. The molecule has 3 rings (SSSR count). The Bertz CT molecular complexity index is 989. The first kappa shape index (κ1) is 21.1. The molecule has 1 amide bonds. The van der Waals surface area contributed by atoms with Gasteiger partial charge in [0.25, 0.3) is 5.91 Å². The van der Waals surface area contributed by atoms with Crippen LogP contribution in [0.2, 0.25) is 0 Å². The number of piperazine rings is 1. The maximum atomic E-state index is 13.1. The van der Waals surface area contributed by atoms with Gasteiger partial charge in [-0.05, 0) is 49.2 Å². The molecule has 0 N–H and O–H groups in total. The molecule has 29 heavy (non-hydrogen) atoms. The van der Waals surface area contributed by atoms with Crippen molar-refractivity contribution in [2.24, 2.45) is 0 Å². The molecule has 2 aromatic rings. The molecule has 1 fully saturated rings. The second-order valence-corrected chi connectivity index (χ2v) is 8.92. The van der Waals surface area contributed by atoms with E-state index < -0.39 is 10.0 Å². The van der Waals surface area contributed by atoms with Crippen molar-refractivity contribution in [2.75, 3.05) is 40.4 Å². The number of carbonyl (C=O) groups is 1. The quantitative estimate of drug-likeness (QED) is 0.746. The van der Waals surface area contributed by atoms with E-state index in [4.69, 9.17) is 9.47 Å². The lowest BCUT2D eigenvalue weighted by atomic mass is 10.1. The lowest BCUT2D eigenvalue weighted by Crippen LogP contribution is -2.50. The normalized spacial score (nSPS) is 15.2. The predicted octanol–water partition coefficient (Wildman–Crippen LogP) is 2.47. The van der Waals surface area contributed by atoms with Crippen molar-refractivity contribution < 1.29 is 22.7 Å². The fraction of sp³-hybridized carbons (Fsp3) is 0.381. The van der Waals surface area contributed by atoms with Crippen LogP contribution in [-0.4, -0.2) is 63.9 Å². The SMILES string of the molecule is COc1cccc(OC)c1C(=O)N1CCN(S(=O)(=O)c2ccc(C)c(C)c2)CC1. The van der Waals surface area contributed by atoms with Crippen molar-refractivity contribution in [2.45, 2.75) is 18.7 Å². The van der Waals surface area contributed by atoms with Crippen molar-refractivity contribution in [3.05, 3.63) is 53.1 Å². The van der Waals surface area contributed by atoms with Gasteiger partial charge in [-0.3, -0.25) is 4.79 Å². The number of hydrogen-bond acceptors (Lipinski definition) is 5. The van der Waals surface area contributed by atoms with E-state index in [1.165, 1.54) is 18.5 Å². The fourth-order valence-electron chi connectivity index (χ4n) is 3.38. The van der Waals surface area contributed by atoms with Crippen LogP contribution in [0.25, 0.3) is 0 Å². The predicted molar refractivity (Wildman–Crippen MR) is 110 cm³/mol. The summed E-state index contributed by atoms with van der Waals surface area (Å²) in [6, 6.07) is 10.3. The minimum absolute atomic E-state index is 0.234. The molecule has 1 heterocycles. The number of aryl methyl sites for hydroxylation is 2. The Balaban J connectivity index is 1.77. The average molecular weight is 419 g/mol. The first-order valence-electron chi connectivity index (χ1n) is 9.37. The van der Waals surface area contributed by atoms with E-state index in [2.05, 4.69) is 0 Å². The monoisotopic (exact) mass is 418 g/mol. The van der Waals surface area contributed by atoms with Gasteiger partial charge in [-0.15, -0.1) is 0 Å². The number of carbonyl (C=O) groups excluding carboxylic acids is 1. The number of methoxy groups -OCH3 is 2. The van der Waals surface area contributed by atoms with Crippen molar-refractivity contribution >= 4 is 15.9 Å². The van der Waals surface area contributed by atoms with Gasteiger partial charge in [-0.2, -0.15) is 4.31 Å². The molecule has 0 unspecified atom stereocenters. The van der Waals surface area contributed by atoms with Crippen LogP contribution in [0.4, 0.5) is 0 Å². The van der Waals surface area contributed by atoms with Gasteiger partial charge in [0.1, 0.15) is 17.1 Å². The van der Waals surface area contributed by atoms with Crippen LogP contribution in [-0.2, 0) is 10.0 Å². The summed E-state index contributed by atoms with van der Waals surface area (Å²) in [5.41, 5.74) is 2.33. The molecule has 0 radical (unpaired) electrons. The molecule has 0 spiro atoms. The van der Waals surface area contributed by atoms with E-state index in [1.807, 2.05) is 19.9 Å². The highest BCUT2D eigenvalue weighted by Gasteiger charge is 2.32. The Morgan fingerprint density at radius 1 is 0.897 bits per heavy atom. The molecule has 7 nitrogen and oxygen atoms in total. The molecule has 8 heteroatoms. The molecule has 2 aromatic carbocycles. The smallest absolute Gasteiger partial charge is 0.261 e. The van der Waals surface area contributed by atoms with Gasteiger partial charge in [-0.25, -0.2) is 8.42 Å². The molecule has 0 aromatic heterocycles. The summed E-state index contributed by atoms with van der Waals surface area (Å²) in [4.78, 5) is 15.0. The third-order valence-electron chi connectivity index (χ3n) is 5.28. The van der Waals surface area contributed by atoms with E-state index in [9.17, 15) is 13.2 Å². The molecule has 156 valence electrons. The zero-order valence-electron chi connectivity index (χ0n) is 17.1. The van der Waals surface area contributed by atoms with Crippen LogP contribution < -0.4 is 9.47 Å². The number of hydrogen-bond donors (Lipinski definition) is 0. The molecule has 1 aliphatic rings. The summed E-state index contributed by atoms with van der Waals surface area (Å²) in [7, 11) is -0.595. The Kier molecular flexibility index (Phi) is 6.14. The topological polar surface area (TPSA) is 76.2 Å². The lowest BCUT2D eigenvalue weighted by molar-refractivity contribution is 0.0691. The van der Waals surface area contributed by atoms with Crippen LogP contribution in [0.1, 0.15) is 21.5 Å². The Morgan fingerprint density at radius 2 is 1.48 bits per heavy atom. The van der Waals surface area contributed by atoms with E-state index in [1.54, 1.807) is 35.2 Å². The number of rotatable bonds is 5. The molecule has 0 bridgehead atoms. The van der Waals surface area contributed by atoms with Crippen LogP contribution in [0, 0.1) is 13.8 Å². The number of ether oxygens (including phenoxy) is 2. The summed E-state index contributed by atoms with van der Waals surface area (Å²) in [5, 5.41) is 0. The van der Waals surface area contributed by atoms with Gasteiger partial charge < -0.3 is 14.4 Å². The summed E-state index contributed by atoms with van der Waals surface area (Å²) in [6.45, 7) is 4.90. The maximum absolute atomic E-state index is 13.1. The van der Waals surface area contributed by atoms with E-state index in [0.29, 0.717) is 30.2 Å². The third kappa shape index (κ3) is 4.09. The van der Waals surface area contributed by atoms with E-state index >= 15 is 0 Å². The van der Waals surface area contributed by atoms with Gasteiger partial charge in [0.05, 0.1) is 19.1 Å². The number of benzene rings is 2.